The fourth-order valence-corrected chi connectivity index (χ4v) is 3.28. The number of hydrogen-bond acceptors (Lipinski definition) is 6. The van der Waals surface area contributed by atoms with Gasteiger partial charge in [-0.3, -0.25) is 5.32 Å². The Morgan fingerprint density at radius 2 is 1.73 bits per heavy atom. The molecule has 2 heterocycles. The third-order valence-electron chi connectivity index (χ3n) is 3.87. The van der Waals surface area contributed by atoms with Gasteiger partial charge in [-0.2, -0.15) is 0 Å². The molecule has 22 heavy (non-hydrogen) atoms. The first-order valence-corrected chi connectivity index (χ1v) is 8.18. The van der Waals surface area contributed by atoms with E-state index in [1.807, 2.05) is 42.7 Å². The van der Waals surface area contributed by atoms with Crippen molar-refractivity contribution in [2.75, 3.05) is 5.32 Å². The average molecular weight is 309 g/mol. The van der Waals surface area contributed by atoms with Gasteiger partial charge in [0, 0.05) is 23.9 Å². The van der Waals surface area contributed by atoms with E-state index < -0.39 is 0 Å². The molecular weight excluding hydrogens is 294 g/mol. The molecule has 110 valence electrons. The van der Waals surface area contributed by atoms with Crippen LogP contribution in [-0.2, 0) is 0 Å². The van der Waals surface area contributed by atoms with Crippen molar-refractivity contribution in [3.63, 3.8) is 0 Å². The molecule has 3 aromatic rings. The lowest BCUT2D eigenvalue weighted by molar-refractivity contribution is 0.416. The van der Waals surface area contributed by atoms with Gasteiger partial charge in [-0.1, -0.05) is 48.1 Å². The number of aromatic nitrogens is 4. The highest BCUT2D eigenvalue weighted by atomic mass is 32.1. The zero-order valence-electron chi connectivity index (χ0n) is 11.9. The fraction of sp³-hybridized carbons (Fsp3) is 0.250. The van der Waals surface area contributed by atoms with E-state index in [0.717, 1.165) is 21.3 Å². The van der Waals surface area contributed by atoms with Gasteiger partial charge in [0.25, 0.3) is 0 Å². The molecule has 1 N–H and O–H groups in total. The minimum absolute atomic E-state index is 0.552. The van der Waals surface area contributed by atoms with Crippen LogP contribution in [0, 0.1) is 0 Å². The van der Waals surface area contributed by atoms with Gasteiger partial charge in [0.05, 0.1) is 0 Å². The molecule has 1 aliphatic rings. The number of nitrogens with zero attached hydrogens (tertiary/aromatic N) is 4. The third kappa shape index (κ3) is 2.69. The molecule has 6 heteroatoms. The van der Waals surface area contributed by atoms with Crippen molar-refractivity contribution < 1.29 is 0 Å². The molecule has 0 saturated heterocycles. The van der Waals surface area contributed by atoms with Crippen LogP contribution < -0.4 is 5.32 Å². The highest BCUT2D eigenvalue weighted by molar-refractivity contribution is 7.15. The second kappa shape index (κ2) is 5.81. The monoisotopic (exact) mass is 309 g/mol. The maximum absolute atomic E-state index is 4.36. The van der Waals surface area contributed by atoms with Crippen LogP contribution in [-0.4, -0.2) is 20.2 Å². The van der Waals surface area contributed by atoms with Gasteiger partial charge in [-0.25, -0.2) is 9.97 Å². The van der Waals surface area contributed by atoms with Crippen LogP contribution in [0.1, 0.15) is 30.2 Å². The summed E-state index contributed by atoms with van der Waals surface area (Å²) in [6.45, 7) is 0. The molecule has 0 radical (unpaired) electrons. The van der Waals surface area contributed by atoms with Gasteiger partial charge in [-0.05, 0) is 18.4 Å². The first-order valence-electron chi connectivity index (χ1n) is 7.36. The molecule has 2 aromatic heterocycles. The number of nitrogens with one attached hydrogen (secondary N) is 1. The van der Waals surface area contributed by atoms with E-state index in [0.29, 0.717) is 11.9 Å². The molecule has 1 aliphatic carbocycles. The van der Waals surface area contributed by atoms with Crippen LogP contribution >= 0.6 is 11.3 Å². The third-order valence-corrected chi connectivity index (χ3v) is 4.87. The van der Waals surface area contributed by atoms with Gasteiger partial charge in [0.1, 0.15) is 5.01 Å². The summed E-state index contributed by atoms with van der Waals surface area (Å²) in [5, 5.41) is 13.4. The zero-order chi connectivity index (χ0) is 14.8. The quantitative estimate of drug-likeness (QED) is 0.789. The topological polar surface area (TPSA) is 63.6 Å². The van der Waals surface area contributed by atoms with Gasteiger partial charge in [0.2, 0.25) is 11.1 Å². The Bertz CT molecular complexity index is 750. The first kappa shape index (κ1) is 13.3. The molecule has 0 atom stereocenters. The molecule has 1 aromatic carbocycles. The summed E-state index contributed by atoms with van der Waals surface area (Å²) in [6, 6.07) is 10.1. The first-order chi connectivity index (χ1) is 10.9. The largest absolute Gasteiger partial charge is 0.299 e. The van der Waals surface area contributed by atoms with E-state index in [1.165, 1.54) is 19.3 Å². The predicted octanol–water partition coefficient (Wildman–Crippen LogP) is 4.01. The Labute approximate surface area is 132 Å². The lowest BCUT2D eigenvalue weighted by Crippen LogP contribution is -2.07. The number of benzene rings is 1. The Morgan fingerprint density at radius 1 is 0.955 bits per heavy atom. The van der Waals surface area contributed by atoms with Crippen LogP contribution in [0.3, 0.4) is 0 Å². The van der Waals surface area contributed by atoms with E-state index in [1.54, 1.807) is 11.3 Å². The summed E-state index contributed by atoms with van der Waals surface area (Å²) in [5.41, 5.74) is 2.11. The Kier molecular flexibility index (Phi) is 3.52. The van der Waals surface area contributed by atoms with Crippen molar-refractivity contribution in [1.82, 2.24) is 20.2 Å². The average Bonchev–Trinajstić information content (AvgIpc) is 2.95. The second-order valence-electron chi connectivity index (χ2n) is 5.36. The minimum atomic E-state index is 0.552. The van der Waals surface area contributed by atoms with Crippen LogP contribution in [0.2, 0.25) is 0 Å². The number of hydrogen-bond donors (Lipinski definition) is 1. The van der Waals surface area contributed by atoms with E-state index >= 15 is 0 Å². The molecule has 4 rings (SSSR count). The lowest BCUT2D eigenvalue weighted by Gasteiger charge is -2.21. The Hall–Kier alpha value is -2.34. The van der Waals surface area contributed by atoms with Crippen molar-refractivity contribution in [2.45, 2.75) is 25.2 Å². The number of rotatable bonds is 4. The highest BCUT2D eigenvalue weighted by Crippen LogP contribution is 2.38. The minimum Gasteiger partial charge on any atom is -0.299 e. The van der Waals surface area contributed by atoms with Crippen molar-refractivity contribution in [2.24, 2.45) is 0 Å². The summed E-state index contributed by atoms with van der Waals surface area (Å²) in [6.07, 6.45) is 7.40. The van der Waals surface area contributed by atoms with Gasteiger partial charge >= 0.3 is 0 Å². The van der Waals surface area contributed by atoms with Gasteiger partial charge < -0.3 is 0 Å². The maximum atomic E-state index is 4.36. The molecule has 5 nitrogen and oxygen atoms in total. The molecule has 0 spiro atoms. The summed E-state index contributed by atoms with van der Waals surface area (Å²) >= 11 is 1.60. The smallest absolute Gasteiger partial charge is 0.229 e. The highest BCUT2D eigenvalue weighted by Gasteiger charge is 2.23. The van der Waals surface area contributed by atoms with Gasteiger partial charge in [0.15, 0.2) is 0 Å². The zero-order valence-corrected chi connectivity index (χ0v) is 12.8. The molecular formula is C16H15N5S. The standard InChI is InChI=1S/C16H15N5S/c1-2-5-11(6-3-1)13-9-17-15(18-10-13)19-16-21-20-14(22-16)12-7-4-8-12/h1-3,5-6,9-10,12H,4,7-8H2,(H,17,18,19,21). The van der Waals surface area contributed by atoms with Crippen molar-refractivity contribution in [3.05, 3.63) is 47.7 Å². The summed E-state index contributed by atoms with van der Waals surface area (Å²) < 4.78 is 0. The molecule has 0 amide bonds. The predicted molar refractivity (Wildman–Crippen MR) is 87.3 cm³/mol. The molecule has 1 fully saturated rings. The summed E-state index contributed by atoms with van der Waals surface area (Å²) in [4.78, 5) is 8.71. The summed E-state index contributed by atoms with van der Waals surface area (Å²) in [7, 11) is 0. The Balaban J connectivity index is 1.48. The van der Waals surface area contributed by atoms with E-state index in [-0.39, 0.29) is 0 Å². The summed E-state index contributed by atoms with van der Waals surface area (Å²) in [5.74, 6) is 1.16. The van der Waals surface area contributed by atoms with Gasteiger partial charge in [-0.15, -0.1) is 10.2 Å². The fourth-order valence-electron chi connectivity index (χ4n) is 2.37. The van der Waals surface area contributed by atoms with Crippen LogP contribution in [0.25, 0.3) is 11.1 Å². The second-order valence-corrected chi connectivity index (χ2v) is 6.37. The van der Waals surface area contributed by atoms with Crippen molar-refractivity contribution in [3.8, 4) is 11.1 Å². The molecule has 0 bridgehead atoms. The van der Waals surface area contributed by atoms with E-state index in [4.69, 9.17) is 0 Å². The molecule has 0 aliphatic heterocycles. The Morgan fingerprint density at radius 3 is 2.41 bits per heavy atom. The van der Waals surface area contributed by atoms with Crippen LogP contribution in [0.15, 0.2) is 42.7 Å². The lowest BCUT2D eigenvalue weighted by atomic mass is 9.86. The van der Waals surface area contributed by atoms with Crippen LogP contribution in [0.4, 0.5) is 11.1 Å². The van der Waals surface area contributed by atoms with E-state index in [2.05, 4.69) is 25.5 Å². The van der Waals surface area contributed by atoms with Crippen molar-refractivity contribution in [1.29, 1.82) is 0 Å². The molecule has 0 unspecified atom stereocenters. The maximum Gasteiger partial charge on any atom is 0.229 e. The normalized spacial score (nSPS) is 14.5. The molecule has 1 saturated carbocycles. The SMILES string of the molecule is c1ccc(-c2cnc(Nc3nnc(C4CCC4)s3)nc2)cc1. The van der Waals surface area contributed by atoms with Crippen molar-refractivity contribution >= 4 is 22.4 Å². The number of anilines is 2. The van der Waals surface area contributed by atoms with Crippen LogP contribution in [0.5, 0.6) is 0 Å². The van der Waals surface area contributed by atoms with E-state index in [9.17, 15) is 0 Å².